The standard InChI is InChI=1S/C23H20ClN3O3/c1-16-6-12-20(13-7-16)26-22(28)23(29)27-25-14-18-4-2-3-5-21(18)30-15-17-8-10-19(24)11-9-17/h2-14H,15H2,1H3,(H,26,28)(H,27,29)/b25-14+. The number of nitrogens with one attached hydrogen (secondary N) is 2. The number of aryl methyl sites for hydroxylation is 1. The molecule has 0 atom stereocenters. The zero-order valence-electron chi connectivity index (χ0n) is 16.3. The second-order valence-electron chi connectivity index (χ2n) is 6.47. The van der Waals surface area contributed by atoms with Crippen LogP contribution in [0.5, 0.6) is 5.75 Å². The highest BCUT2D eigenvalue weighted by Gasteiger charge is 2.12. The van der Waals surface area contributed by atoms with E-state index in [9.17, 15) is 9.59 Å². The summed E-state index contributed by atoms with van der Waals surface area (Å²) in [5, 5.41) is 7.04. The average Bonchev–Trinajstić information content (AvgIpc) is 2.75. The Labute approximate surface area is 179 Å². The molecule has 152 valence electrons. The Hall–Kier alpha value is -3.64. The van der Waals surface area contributed by atoms with E-state index in [1.807, 2.05) is 43.3 Å². The molecule has 0 aromatic heterocycles. The lowest BCUT2D eigenvalue weighted by molar-refractivity contribution is -0.136. The van der Waals surface area contributed by atoms with Gasteiger partial charge in [0.25, 0.3) is 0 Å². The number of hydrogen-bond donors (Lipinski definition) is 2. The molecule has 3 rings (SSSR count). The summed E-state index contributed by atoms with van der Waals surface area (Å²) in [4.78, 5) is 23.9. The Morgan fingerprint density at radius 2 is 1.67 bits per heavy atom. The van der Waals surface area contributed by atoms with Gasteiger partial charge in [-0.1, -0.05) is 53.6 Å². The first-order valence-corrected chi connectivity index (χ1v) is 9.56. The summed E-state index contributed by atoms with van der Waals surface area (Å²) in [6.07, 6.45) is 1.42. The van der Waals surface area contributed by atoms with Crippen molar-refractivity contribution in [1.82, 2.24) is 5.43 Å². The quantitative estimate of drug-likeness (QED) is 0.353. The molecule has 2 N–H and O–H groups in total. The zero-order chi connectivity index (χ0) is 21.3. The minimum absolute atomic E-state index is 0.355. The maximum absolute atomic E-state index is 12.0. The van der Waals surface area contributed by atoms with Gasteiger partial charge in [-0.3, -0.25) is 9.59 Å². The van der Waals surface area contributed by atoms with Crippen molar-refractivity contribution in [2.75, 3.05) is 5.32 Å². The fourth-order valence-electron chi connectivity index (χ4n) is 2.50. The van der Waals surface area contributed by atoms with E-state index in [1.165, 1.54) is 6.21 Å². The third kappa shape index (κ3) is 6.18. The number of hydrogen-bond acceptors (Lipinski definition) is 4. The van der Waals surface area contributed by atoms with Crippen LogP contribution >= 0.6 is 11.6 Å². The monoisotopic (exact) mass is 421 g/mol. The van der Waals surface area contributed by atoms with Crippen LogP contribution in [-0.2, 0) is 16.2 Å². The van der Waals surface area contributed by atoms with Gasteiger partial charge in [-0.2, -0.15) is 5.10 Å². The van der Waals surface area contributed by atoms with Gasteiger partial charge in [0.15, 0.2) is 0 Å². The van der Waals surface area contributed by atoms with Gasteiger partial charge in [0.05, 0.1) is 6.21 Å². The van der Waals surface area contributed by atoms with E-state index in [0.717, 1.165) is 11.1 Å². The van der Waals surface area contributed by atoms with Gasteiger partial charge in [-0.15, -0.1) is 0 Å². The molecule has 0 spiro atoms. The molecule has 0 heterocycles. The zero-order valence-corrected chi connectivity index (χ0v) is 17.0. The molecule has 3 aromatic rings. The van der Waals surface area contributed by atoms with Crippen LogP contribution in [0.4, 0.5) is 5.69 Å². The van der Waals surface area contributed by atoms with Crippen LogP contribution in [0.1, 0.15) is 16.7 Å². The van der Waals surface area contributed by atoms with Gasteiger partial charge in [0.1, 0.15) is 12.4 Å². The lowest BCUT2D eigenvalue weighted by Gasteiger charge is -2.09. The Kier molecular flexibility index (Phi) is 7.19. The van der Waals surface area contributed by atoms with Crippen molar-refractivity contribution < 1.29 is 14.3 Å². The third-order valence-corrected chi connectivity index (χ3v) is 4.36. The largest absolute Gasteiger partial charge is 0.488 e. The van der Waals surface area contributed by atoms with Gasteiger partial charge in [-0.05, 0) is 48.9 Å². The summed E-state index contributed by atoms with van der Waals surface area (Å²) in [7, 11) is 0. The number of carbonyl (C=O) groups is 2. The topological polar surface area (TPSA) is 79.8 Å². The van der Waals surface area contributed by atoms with Crippen molar-refractivity contribution in [2.45, 2.75) is 13.5 Å². The van der Waals surface area contributed by atoms with Crippen molar-refractivity contribution in [3.05, 3.63) is 94.5 Å². The number of para-hydroxylation sites is 1. The summed E-state index contributed by atoms with van der Waals surface area (Å²) in [5.41, 5.74) is 5.43. The molecule has 6 nitrogen and oxygen atoms in total. The van der Waals surface area contributed by atoms with E-state index in [4.69, 9.17) is 16.3 Å². The van der Waals surface area contributed by atoms with E-state index in [2.05, 4.69) is 15.8 Å². The molecule has 0 unspecified atom stereocenters. The van der Waals surface area contributed by atoms with Crippen molar-refractivity contribution in [2.24, 2.45) is 5.10 Å². The maximum Gasteiger partial charge on any atom is 0.329 e. The second kappa shape index (κ2) is 10.2. The Morgan fingerprint density at radius 1 is 0.967 bits per heavy atom. The van der Waals surface area contributed by atoms with Gasteiger partial charge in [0.2, 0.25) is 0 Å². The summed E-state index contributed by atoms with van der Waals surface area (Å²) < 4.78 is 5.83. The second-order valence-corrected chi connectivity index (χ2v) is 6.91. The van der Waals surface area contributed by atoms with Crippen LogP contribution in [0.15, 0.2) is 77.9 Å². The highest BCUT2D eigenvalue weighted by molar-refractivity contribution is 6.39. The fraction of sp³-hybridized carbons (Fsp3) is 0.0870. The molecule has 0 aliphatic rings. The summed E-state index contributed by atoms with van der Waals surface area (Å²) in [6, 6.07) is 21.7. The van der Waals surface area contributed by atoms with Crippen LogP contribution in [0.3, 0.4) is 0 Å². The number of rotatable bonds is 6. The molecule has 0 aliphatic carbocycles. The minimum Gasteiger partial charge on any atom is -0.488 e. The molecule has 0 saturated carbocycles. The number of carbonyl (C=O) groups excluding carboxylic acids is 2. The summed E-state index contributed by atoms with van der Waals surface area (Å²) >= 11 is 5.89. The molecule has 0 bridgehead atoms. The van der Waals surface area contributed by atoms with Crippen LogP contribution in [-0.4, -0.2) is 18.0 Å². The molecule has 30 heavy (non-hydrogen) atoms. The molecule has 0 saturated heterocycles. The lowest BCUT2D eigenvalue weighted by atomic mass is 10.2. The molecule has 2 amide bonds. The number of hydrazone groups is 1. The predicted octanol–water partition coefficient (Wildman–Crippen LogP) is 4.32. The summed E-state index contributed by atoms with van der Waals surface area (Å²) in [6.45, 7) is 2.29. The first kappa shape index (κ1) is 21.1. The minimum atomic E-state index is -0.869. The molecule has 0 radical (unpaired) electrons. The van der Waals surface area contributed by atoms with E-state index >= 15 is 0 Å². The van der Waals surface area contributed by atoms with Crippen molar-refractivity contribution in [3.63, 3.8) is 0 Å². The van der Waals surface area contributed by atoms with Gasteiger partial charge in [-0.25, -0.2) is 5.43 Å². The number of benzene rings is 3. The lowest BCUT2D eigenvalue weighted by Crippen LogP contribution is -2.32. The molecule has 0 fully saturated rings. The van der Waals surface area contributed by atoms with Crippen molar-refractivity contribution >= 4 is 35.3 Å². The summed E-state index contributed by atoms with van der Waals surface area (Å²) in [5.74, 6) is -1.08. The van der Waals surface area contributed by atoms with Crippen LogP contribution in [0, 0.1) is 6.92 Å². The van der Waals surface area contributed by atoms with Gasteiger partial charge in [0, 0.05) is 16.3 Å². The Balaban J connectivity index is 1.56. The van der Waals surface area contributed by atoms with Crippen LogP contribution in [0.25, 0.3) is 0 Å². The van der Waals surface area contributed by atoms with E-state index in [1.54, 1.807) is 36.4 Å². The number of anilines is 1. The molecule has 3 aromatic carbocycles. The SMILES string of the molecule is Cc1ccc(NC(=O)C(=O)N/N=C/c2ccccc2OCc2ccc(Cl)cc2)cc1. The first-order chi connectivity index (χ1) is 14.5. The van der Waals surface area contributed by atoms with Crippen molar-refractivity contribution in [1.29, 1.82) is 0 Å². The Bertz CT molecular complexity index is 1050. The first-order valence-electron chi connectivity index (χ1n) is 9.18. The normalized spacial score (nSPS) is 10.6. The van der Waals surface area contributed by atoms with Crippen LogP contribution < -0.4 is 15.5 Å². The molecule has 0 aliphatic heterocycles. The van der Waals surface area contributed by atoms with E-state index in [0.29, 0.717) is 28.6 Å². The Morgan fingerprint density at radius 3 is 2.40 bits per heavy atom. The highest BCUT2D eigenvalue weighted by Crippen LogP contribution is 2.18. The number of halogens is 1. The van der Waals surface area contributed by atoms with Crippen molar-refractivity contribution in [3.8, 4) is 5.75 Å². The smallest absolute Gasteiger partial charge is 0.329 e. The van der Waals surface area contributed by atoms with Gasteiger partial charge >= 0.3 is 11.8 Å². The molecular formula is C23H20ClN3O3. The molecular weight excluding hydrogens is 402 g/mol. The average molecular weight is 422 g/mol. The third-order valence-electron chi connectivity index (χ3n) is 4.11. The van der Waals surface area contributed by atoms with Crippen LogP contribution in [0.2, 0.25) is 5.02 Å². The van der Waals surface area contributed by atoms with Gasteiger partial charge < -0.3 is 10.1 Å². The highest BCUT2D eigenvalue weighted by atomic mass is 35.5. The number of amides is 2. The predicted molar refractivity (Wildman–Crippen MR) is 118 cm³/mol. The fourth-order valence-corrected chi connectivity index (χ4v) is 2.62. The van der Waals surface area contributed by atoms with E-state index in [-0.39, 0.29) is 0 Å². The molecule has 7 heteroatoms. The maximum atomic E-state index is 12.0. The number of nitrogens with zero attached hydrogens (tertiary/aromatic N) is 1. The van der Waals surface area contributed by atoms with E-state index < -0.39 is 11.8 Å². The number of ether oxygens (including phenoxy) is 1.